The Kier molecular flexibility index (Phi) is 3.93. The van der Waals surface area contributed by atoms with E-state index in [4.69, 9.17) is 0 Å². The minimum Gasteiger partial charge on any atom is -0.316 e. The smallest absolute Gasteiger partial charge is 0.138 e. The Morgan fingerprint density at radius 2 is 2.44 bits per heavy atom. The van der Waals surface area contributed by atoms with Gasteiger partial charge in [-0.1, -0.05) is 13.8 Å². The summed E-state index contributed by atoms with van der Waals surface area (Å²) >= 11 is 0. The van der Waals surface area contributed by atoms with Crippen molar-refractivity contribution in [2.24, 2.45) is 11.8 Å². The lowest BCUT2D eigenvalue weighted by atomic mass is 9.85. The van der Waals surface area contributed by atoms with Crippen LogP contribution in [-0.2, 0) is 13.0 Å². The van der Waals surface area contributed by atoms with Crippen molar-refractivity contribution in [3.63, 3.8) is 0 Å². The van der Waals surface area contributed by atoms with E-state index in [9.17, 15) is 0 Å². The fourth-order valence-electron chi connectivity index (χ4n) is 2.41. The van der Waals surface area contributed by atoms with E-state index in [1.165, 1.54) is 13.0 Å². The zero-order chi connectivity index (χ0) is 11.4. The van der Waals surface area contributed by atoms with Crippen LogP contribution in [0.1, 0.15) is 32.5 Å². The Bertz CT molecular complexity index is 321. The summed E-state index contributed by atoms with van der Waals surface area (Å²) in [5.74, 6) is 2.67. The summed E-state index contributed by atoms with van der Waals surface area (Å²) in [7, 11) is 0. The van der Waals surface area contributed by atoms with Gasteiger partial charge in [-0.25, -0.2) is 4.98 Å². The lowest BCUT2D eigenvalue weighted by molar-refractivity contribution is 0.266. The lowest BCUT2D eigenvalue weighted by Crippen LogP contribution is -2.37. The van der Waals surface area contributed by atoms with Crippen LogP contribution >= 0.6 is 0 Å². The molecule has 1 saturated heterocycles. The summed E-state index contributed by atoms with van der Waals surface area (Å²) in [5.41, 5.74) is 0. The zero-order valence-electron chi connectivity index (χ0n) is 10.3. The van der Waals surface area contributed by atoms with Gasteiger partial charge in [-0.3, -0.25) is 4.68 Å². The van der Waals surface area contributed by atoms with Gasteiger partial charge in [-0.2, -0.15) is 5.10 Å². The average Bonchev–Trinajstić information content (AvgIpc) is 2.70. The molecule has 2 unspecified atom stereocenters. The molecule has 0 radical (unpaired) electrons. The minimum atomic E-state index is 0.716. The largest absolute Gasteiger partial charge is 0.316 e. The minimum absolute atomic E-state index is 0.716. The molecule has 2 heterocycles. The van der Waals surface area contributed by atoms with Crippen LogP contribution in [0.2, 0.25) is 0 Å². The molecule has 1 aromatic heterocycles. The number of nitrogens with zero attached hydrogens (tertiary/aromatic N) is 3. The molecule has 0 bridgehead atoms. The quantitative estimate of drug-likeness (QED) is 0.839. The van der Waals surface area contributed by atoms with E-state index in [-0.39, 0.29) is 0 Å². The van der Waals surface area contributed by atoms with Crippen molar-refractivity contribution in [1.82, 2.24) is 20.1 Å². The van der Waals surface area contributed by atoms with Crippen molar-refractivity contribution >= 4 is 0 Å². The third kappa shape index (κ3) is 2.61. The molecule has 1 aliphatic rings. The van der Waals surface area contributed by atoms with Crippen LogP contribution in [-0.4, -0.2) is 27.9 Å². The number of rotatable bonds is 4. The van der Waals surface area contributed by atoms with E-state index in [1.54, 1.807) is 6.33 Å². The summed E-state index contributed by atoms with van der Waals surface area (Å²) < 4.78 is 2.06. The van der Waals surface area contributed by atoms with Crippen molar-refractivity contribution in [2.75, 3.05) is 13.1 Å². The molecule has 0 aliphatic carbocycles. The highest BCUT2D eigenvalue weighted by molar-refractivity contribution is 4.90. The van der Waals surface area contributed by atoms with Gasteiger partial charge < -0.3 is 5.32 Å². The van der Waals surface area contributed by atoms with Crippen molar-refractivity contribution < 1.29 is 0 Å². The van der Waals surface area contributed by atoms with Crippen molar-refractivity contribution in [2.45, 2.75) is 39.7 Å². The summed E-state index contributed by atoms with van der Waals surface area (Å²) in [5, 5.41) is 7.75. The average molecular weight is 222 g/mol. The summed E-state index contributed by atoms with van der Waals surface area (Å²) in [6.07, 6.45) is 5.15. The lowest BCUT2D eigenvalue weighted by Gasteiger charge is -2.29. The van der Waals surface area contributed by atoms with E-state index in [2.05, 4.69) is 33.9 Å². The number of piperidine rings is 1. The van der Waals surface area contributed by atoms with Gasteiger partial charge in [0.05, 0.1) is 0 Å². The normalized spacial score (nSPS) is 25.9. The van der Waals surface area contributed by atoms with Crippen molar-refractivity contribution in [1.29, 1.82) is 0 Å². The first-order valence-electron chi connectivity index (χ1n) is 6.38. The maximum atomic E-state index is 4.39. The van der Waals surface area contributed by atoms with E-state index in [1.807, 2.05) is 0 Å². The van der Waals surface area contributed by atoms with Crippen LogP contribution in [0.5, 0.6) is 0 Å². The third-order valence-corrected chi connectivity index (χ3v) is 3.56. The molecule has 0 spiro atoms. The number of aryl methyl sites for hydroxylation is 1. The second-order valence-electron chi connectivity index (χ2n) is 4.83. The molecule has 2 rings (SSSR count). The molecular formula is C12H22N4. The molecule has 1 fully saturated rings. The van der Waals surface area contributed by atoms with E-state index in [0.29, 0.717) is 5.92 Å². The Morgan fingerprint density at radius 1 is 1.56 bits per heavy atom. The maximum Gasteiger partial charge on any atom is 0.138 e. The van der Waals surface area contributed by atoms with Crippen LogP contribution in [0.3, 0.4) is 0 Å². The van der Waals surface area contributed by atoms with Crippen molar-refractivity contribution in [3.05, 3.63) is 12.2 Å². The SMILES string of the molecule is CCCn1ncnc1CC1CNCCC1C. The Labute approximate surface area is 97.5 Å². The van der Waals surface area contributed by atoms with Gasteiger partial charge >= 0.3 is 0 Å². The molecule has 1 N–H and O–H groups in total. The first kappa shape index (κ1) is 11.6. The second-order valence-corrected chi connectivity index (χ2v) is 4.83. The molecule has 1 aromatic rings. The van der Waals surface area contributed by atoms with Crippen LogP contribution in [0.15, 0.2) is 6.33 Å². The predicted octanol–water partition coefficient (Wildman–Crippen LogP) is 1.48. The Balaban J connectivity index is 1.99. The monoisotopic (exact) mass is 222 g/mol. The molecule has 1 aliphatic heterocycles. The summed E-state index contributed by atoms with van der Waals surface area (Å²) in [6.45, 7) is 7.81. The highest BCUT2D eigenvalue weighted by Crippen LogP contribution is 2.21. The maximum absolute atomic E-state index is 4.39. The molecule has 0 amide bonds. The molecule has 0 saturated carbocycles. The standard InChI is InChI=1S/C12H22N4/c1-3-6-16-12(14-9-15-16)7-11-8-13-5-4-10(11)2/h9-11,13H,3-8H2,1-2H3. The van der Waals surface area contributed by atoms with E-state index in [0.717, 1.165) is 37.7 Å². The molecule has 4 nitrogen and oxygen atoms in total. The second kappa shape index (κ2) is 5.43. The number of hydrogen-bond donors (Lipinski definition) is 1. The van der Waals surface area contributed by atoms with Crippen LogP contribution in [0.4, 0.5) is 0 Å². The molecule has 16 heavy (non-hydrogen) atoms. The van der Waals surface area contributed by atoms with E-state index < -0.39 is 0 Å². The zero-order valence-corrected chi connectivity index (χ0v) is 10.3. The highest BCUT2D eigenvalue weighted by atomic mass is 15.3. The molecule has 90 valence electrons. The predicted molar refractivity (Wildman–Crippen MR) is 64.2 cm³/mol. The highest BCUT2D eigenvalue weighted by Gasteiger charge is 2.22. The van der Waals surface area contributed by atoms with Gasteiger partial charge in [-0.05, 0) is 37.8 Å². The fourth-order valence-corrected chi connectivity index (χ4v) is 2.41. The number of hydrogen-bond acceptors (Lipinski definition) is 3. The topological polar surface area (TPSA) is 42.7 Å². The van der Waals surface area contributed by atoms with Gasteiger partial charge in [0.1, 0.15) is 12.2 Å². The van der Waals surface area contributed by atoms with Crippen LogP contribution in [0.25, 0.3) is 0 Å². The first-order valence-corrected chi connectivity index (χ1v) is 6.38. The Morgan fingerprint density at radius 3 is 3.19 bits per heavy atom. The fraction of sp³-hybridized carbons (Fsp3) is 0.833. The third-order valence-electron chi connectivity index (χ3n) is 3.56. The molecule has 2 atom stereocenters. The molecule has 0 aromatic carbocycles. The van der Waals surface area contributed by atoms with Crippen LogP contribution < -0.4 is 5.32 Å². The number of nitrogens with one attached hydrogen (secondary N) is 1. The van der Waals surface area contributed by atoms with Gasteiger partial charge in [0.15, 0.2) is 0 Å². The van der Waals surface area contributed by atoms with Crippen LogP contribution in [0, 0.1) is 11.8 Å². The van der Waals surface area contributed by atoms with Crippen molar-refractivity contribution in [3.8, 4) is 0 Å². The molecule has 4 heteroatoms. The molecular weight excluding hydrogens is 200 g/mol. The number of aromatic nitrogens is 3. The van der Waals surface area contributed by atoms with E-state index >= 15 is 0 Å². The summed E-state index contributed by atoms with van der Waals surface area (Å²) in [6, 6.07) is 0. The Hall–Kier alpha value is -0.900. The summed E-state index contributed by atoms with van der Waals surface area (Å²) in [4.78, 5) is 4.39. The van der Waals surface area contributed by atoms with Gasteiger partial charge in [0.2, 0.25) is 0 Å². The van der Waals surface area contributed by atoms with Gasteiger partial charge in [0, 0.05) is 13.0 Å². The first-order chi connectivity index (χ1) is 7.81. The van der Waals surface area contributed by atoms with Gasteiger partial charge in [0.25, 0.3) is 0 Å². The van der Waals surface area contributed by atoms with Gasteiger partial charge in [-0.15, -0.1) is 0 Å².